The summed E-state index contributed by atoms with van der Waals surface area (Å²) in [6.07, 6.45) is 1.69. The van der Waals surface area contributed by atoms with Gasteiger partial charge in [-0.05, 0) is 18.2 Å². The molecule has 7 nitrogen and oxygen atoms in total. The van der Waals surface area contributed by atoms with Gasteiger partial charge in [0.1, 0.15) is 5.39 Å². The first-order valence-corrected chi connectivity index (χ1v) is 9.03. The molecule has 1 aliphatic heterocycles. The van der Waals surface area contributed by atoms with Crippen LogP contribution >= 0.6 is 27.7 Å². The van der Waals surface area contributed by atoms with E-state index < -0.39 is 0 Å². The Morgan fingerprint density at radius 2 is 2.38 bits per heavy atom. The molecular formula is C15H12BrN5O2S. The molecule has 1 amide bonds. The van der Waals surface area contributed by atoms with Gasteiger partial charge in [-0.2, -0.15) is 5.10 Å². The summed E-state index contributed by atoms with van der Waals surface area (Å²) < 4.78 is 2.49. The second-order valence-corrected chi connectivity index (χ2v) is 7.33. The fourth-order valence-electron chi connectivity index (χ4n) is 2.70. The first-order chi connectivity index (χ1) is 11.6. The minimum atomic E-state index is -0.212. The molecule has 0 aliphatic carbocycles. The SMILES string of the molecule is O=C(CC1CSc2nc3[nH]ncc3c(=O)n21)Nc1cccc(Br)c1. The lowest BCUT2D eigenvalue weighted by atomic mass is 10.2. The van der Waals surface area contributed by atoms with E-state index in [1.165, 1.54) is 18.0 Å². The van der Waals surface area contributed by atoms with Crippen LogP contribution in [0.4, 0.5) is 5.69 Å². The van der Waals surface area contributed by atoms with Gasteiger partial charge in [-0.15, -0.1) is 0 Å². The first kappa shape index (κ1) is 15.4. The lowest BCUT2D eigenvalue weighted by molar-refractivity contribution is -0.116. The number of aromatic nitrogens is 4. The van der Waals surface area contributed by atoms with E-state index in [1.807, 2.05) is 24.3 Å². The van der Waals surface area contributed by atoms with Crippen molar-refractivity contribution in [2.24, 2.45) is 0 Å². The first-order valence-electron chi connectivity index (χ1n) is 7.25. The molecule has 1 unspecified atom stereocenters. The molecule has 1 aromatic carbocycles. The average Bonchev–Trinajstić information content (AvgIpc) is 3.15. The van der Waals surface area contributed by atoms with Gasteiger partial charge in [-0.25, -0.2) is 4.98 Å². The van der Waals surface area contributed by atoms with E-state index in [9.17, 15) is 9.59 Å². The van der Waals surface area contributed by atoms with Crippen LogP contribution in [0.25, 0.3) is 11.0 Å². The lowest BCUT2D eigenvalue weighted by Gasteiger charge is -2.13. The van der Waals surface area contributed by atoms with Crippen molar-refractivity contribution in [3.05, 3.63) is 45.3 Å². The van der Waals surface area contributed by atoms with Gasteiger partial charge in [-0.3, -0.25) is 19.3 Å². The zero-order valence-electron chi connectivity index (χ0n) is 12.3. The monoisotopic (exact) mass is 405 g/mol. The van der Waals surface area contributed by atoms with Crippen LogP contribution in [0.15, 0.2) is 44.9 Å². The van der Waals surface area contributed by atoms with Crippen molar-refractivity contribution in [1.29, 1.82) is 0 Å². The van der Waals surface area contributed by atoms with Gasteiger partial charge < -0.3 is 5.32 Å². The van der Waals surface area contributed by atoms with Crippen LogP contribution in [0, 0.1) is 0 Å². The Balaban J connectivity index is 1.57. The number of halogens is 1. The van der Waals surface area contributed by atoms with E-state index in [2.05, 4.69) is 36.4 Å². The quantitative estimate of drug-likeness (QED) is 0.653. The molecule has 3 heterocycles. The minimum Gasteiger partial charge on any atom is -0.326 e. The number of hydrogen-bond acceptors (Lipinski definition) is 5. The highest BCUT2D eigenvalue weighted by Gasteiger charge is 2.28. The van der Waals surface area contributed by atoms with Gasteiger partial charge >= 0.3 is 0 Å². The number of amides is 1. The second-order valence-electron chi connectivity index (χ2n) is 5.43. The van der Waals surface area contributed by atoms with Crippen molar-refractivity contribution < 1.29 is 4.79 Å². The van der Waals surface area contributed by atoms with Crippen LogP contribution in [0.3, 0.4) is 0 Å². The highest BCUT2D eigenvalue weighted by atomic mass is 79.9. The third-order valence-electron chi connectivity index (χ3n) is 3.78. The Labute approximate surface area is 149 Å². The number of aromatic amines is 1. The Morgan fingerprint density at radius 1 is 1.50 bits per heavy atom. The molecular weight excluding hydrogens is 394 g/mol. The third kappa shape index (κ3) is 2.73. The Hall–Kier alpha value is -2.13. The fourth-order valence-corrected chi connectivity index (χ4v) is 4.23. The topological polar surface area (TPSA) is 92.7 Å². The molecule has 0 saturated heterocycles. The summed E-state index contributed by atoms with van der Waals surface area (Å²) in [7, 11) is 0. The predicted octanol–water partition coefficient (Wildman–Crippen LogP) is 2.56. The number of anilines is 1. The maximum Gasteiger partial charge on any atom is 0.265 e. The molecule has 0 bridgehead atoms. The van der Waals surface area contributed by atoms with Gasteiger partial charge in [0.15, 0.2) is 10.8 Å². The number of thioether (sulfide) groups is 1. The highest BCUT2D eigenvalue weighted by Crippen LogP contribution is 2.33. The molecule has 0 spiro atoms. The highest BCUT2D eigenvalue weighted by molar-refractivity contribution is 9.10. The number of nitrogens with one attached hydrogen (secondary N) is 2. The van der Waals surface area contributed by atoms with Gasteiger partial charge in [0, 0.05) is 22.3 Å². The summed E-state index contributed by atoms with van der Waals surface area (Å²) in [5.74, 6) is 0.513. The molecule has 1 atom stereocenters. The fraction of sp³-hybridized carbons (Fsp3) is 0.200. The molecule has 0 fully saturated rings. The maximum absolute atomic E-state index is 12.6. The second kappa shape index (κ2) is 6.06. The number of fused-ring (bicyclic) bond motifs is 2. The van der Waals surface area contributed by atoms with Crippen molar-refractivity contribution in [3.8, 4) is 0 Å². The zero-order valence-corrected chi connectivity index (χ0v) is 14.7. The minimum absolute atomic E-state index is 0.134. The van der Waals surface area contributed by atoms with Crippen molar-refractivity contribution in [2.75, 3.05) is 11.1 Å². The van der Waals surface area contributed by atoms with E-state index in [0.717, 1.165) is 10.2 Å². The van der Waals surface area contributed by atoms with Crippen LogP contribution in [0.5, 0.6) is 0 Å². The molecule has 4 rings (SSSR count). The zero-order chi connectivity index (χ0) is 16.7. The number of benzene rings is 1. The van der Waals surface area contributed by atoms with Crippen molar-refractivity contribution in [1.82, 2.24) is 19.7 Å². The number of nitrogens with zero attached hydrogens (tertiary/aromatic N) is 3. The predicted molar refractivity (Wildman–Crippen MR) is 95.3 cm³/mol. The Bertz CT molecular complexity index is 999. The van der Waals surface area contributed by atoms with Crippen LogP contribution < -0.4 is 10.9 Å². The Kier molecular flexibility index (Phi) is 3.89. The molecule has 9 heteroatoms. The largest absolute Gasteiger partial charge is 0.326 e. The number of H-pyrrole nitrogens is 1. The molecule has 122 valence electrons. The average molecular weight is 406 g/mol. The van der Waals surface area contributed by atoms with E-state index >= 15 is 0 Å². The maximum atomic E-state index is 12.6. The molecule has 0 radical (unpaired) electrons. The normalized spacial score (nSPS) is 16.3. The standard InChI is InChI=1S/C15H12BrN5O2S/c16-8-2-1-3-9(4-8)18-12(22)5-10-7-24-15-19-13-11(6-17-20-13)14(23)21(10)15/h1-4,6,10H,5,7H2,(H,17,20)(H,18,22). The summed E-state index contributed by atoms with van der Waals surface area (Å²) in [5, 5.41) is 10.5. The molecule has 24 heavy (non-hydrogen) atoms. The van der Waals surface area contributed by atoms with E-state index in [1.54, 1.807) is 4.57 Å². The van der Waals surface area contributed by atoms with Crippen LogP contribution in [0.1, 0.15) is 12.5 Å². The van der Waals surface area contributed by atoms with Crippen molar-refractivity contribution >= 4 is 50.3 Å². The number of rotatable bonds is 3. The van der Waals surface area contributed by atoms with Gasteiger partial charge in [0.05, 0.1) is 12.2 Å². The lowest BCUT2D eigenvalue weighted by Crippen LogP contribution is -2.27. The number of carbonyl (C=O) groups excluding carboxylic acids is 1. The number of hydrogen-bond donors (Lipinski definition) is 2. The molecule has 1 aliphatic rings. The van der Waals surface area contributed by atoms with Gasteiger partial charge in [0.25, 0.3) is 5.56 Å². The summed E-state index contributed by atoms with van der Waals surface area (Å²) in [6.45, 7) is 0. The summed E-state index contributed by atoms with van der Waals surface area (Å²) in [5.41, 5.74) is 1.04. The van der Waals surface area contributed by atoms with Crippen LogP contribution in [0.2, 0.25) is 0 Å². The van der Waals surface area contributed by atoms with E-state index in [0.29, 0.717) is 21.9 Å². The summed E-state index contributed by atoms with van der Waals surface area (Å²) in [4.78, 5) is 29.3. The molecule has 2 N–H and O–H groups in total. The smallest absolute Gasteiger partial charge is 0.265 e. The molecule has 2 aromatic heterocycles. The summed E-state index contributed by atoms with van der Waals surface area (Å²) in [6, 6.07) is 7.18. The number of carbonyl (C=O) groups is 1. The third-order valence-corrected chi connectivity index (χ3v) is 5.37. The molecule has 3 aromatic rings. The molecule has 0 saturated carbocycles. The van der Waals surface area contributed by atoms with E-state index in [4.69, 9.17) is 0 Å². The Morgan fingerprint density at radius 3 is 3.21 bits per heavy atom. The van der Waals surface area contributed by atoms with Crippen LogP contribution in [-0.2, 0) is 4.79 Å². The van der Waals surface area contributed by atoms with Crippen molar-refractivity contribution in [3.63, 3.8) is 0 Å². The van der Waals surface area contributed by atoms with Gasteiger partial charge in [-0.1, -0.05) is 33.8 Å². The van der Waals surface area contributed by atoms with E-state index in [-0.39, 0.29) is 23.9 Å². The van der Waals surface area contributed by atoms with Crippen molar-refractivity contribution in [2.45, 2.75) is 17.6 Å². The van der Waals surface area contributed by atoms with Gasteiger partial charge in [0.2, 0.25) is 5.91 Å². The summed E-state index contributed by atoms with van der Waals surface area (Å²) >= 11 is 4.85. The van der Waals surface area contributed by atoms with Crippen LogP contribution in [-0.4, -0.2) is 31.4 Å².